The Labute approximate surface area is 136 Å². The number of amides is 2. The van der Waals surface area contributed by atoms with Crippen molar-refractivity contribution in [3.63, 3.8) is 0 Å². The summed E-state index contributed by atoms with van der Waals surface area (Å²) in [6, 6.07) is 9.00. The van der Waals surface area contributed by atoms with Crippen molar-refractivity contribution in [3.05, 3.63) is 41.7 Å². The molecule has 0 bridgehead atoms. The van der Waals surface area contributed by atoms with Crippen LogP contribution in [0.3, 0.4) is 0 Å². The number of benzene rings is 1. The van der Waals surface area contributed by atoms with Crippen molar-refractivity contribution in [3.8, 4) is 11.3 Å². The minimum absolute atomic E-state index is 0.140. The van der Waals surface area contributed by atoms with Crippen LogP contribution in [0.1, 0.15) is 16.1 Å². The maximum absolute atomic E-state index is 12.3. The van der Waals surface area contributed by atoms with Crippen molar-refractivity contribution < 1.29 is 28.4 Å². The van der Waals surface area contributed by atoms with Gasteiger partial charge in [0.15, 0.2) is 6.61 Å². The van der Waals surface area contributed by atoms with Crippen molar-refractivity contribution in [2.24, 2.45) is 0 Å². The van der Waals surface area contributed by atoms with E-state index in [4.69, 9.17) is 9.26 Å². The smallest absolute Gasteiger partial charge is 0.416 e. The molecule has 1 aliphatic heterocycles. The zero-order valence-electron chi connectivity index (χ0n) is 12.9. The second-order valence-electron chi connectivity index (χ2n) is 5.06. The minimum Gasteiger partial charge on any atom is -0.452 e. The number of esters is 1. The highest BCUT2D eigenvalue weighted by Crippen LogP contribution is 2.25. The number of nitrogens with zero attached hydrogens (tertiary/aromatic N) is 2. The average molecular weight is 330 g/mol. The Bertz CT molecular complexity index is 783. The van der Waals surface area contributed by atoms with Gasteiger partial charge in [-0.25, -0.2) is 14.5 Å². The lowest BCUT2D eigenvalue weighted by Crippen LogP contribution is -2.35. The highest BCUT2D eigenvalue weighted by atomic mass is 16.6. The van der Waals surface area contributed by atoms with Gasteiger partial charge < -0.3 is 14.0 Å². The van der Waals surface area contributed by atoms with Crippen molar-refractivity contribution in [2.45, 2.75) is 6.92 Å². The molecule has 0 saturated carbocycles. The van der Waals surface area contributed by atoms with Crippen LogP contribution in [0.4, 0.5) is 4.79 Å². The summed E-state index contributed by atoms with van der Waals surface area (Å²) in [6.07, 6.45) is -0.734. The molecule has 0 radical (unpaired) electrons. The Hall–Kier alpha value is -3.16. The number of rotatable bonds is 4. The molecule has 1 aliphatic rings. The van der Waals surface area contributed by atoms with Crippen LogP contribution in [0.2, 0.25) is 0 Å². The molecule has 1 saturated heterocycles. The molecule has 2 aromatic rings. The van der Waals surface area contributed by atoms with Gasteiger partial charge in [0.1, 0.15) is 23.6 Å². The van der Waals surface area contributed by atoms with E-state index in [1.165, 1.54) is 0 Å². The van der Waals surface area contributed by atoms with Gasteiger partial charge in [-0.1, -0.05) is 35.5 Å². The molecule has 0 atom stereocenters. The zero-order valence-corrected chi connectivity index (χ0v) is 12.9. The van der Waals surface area contributed by atoms with Gasteiger partial charge in [0.25, 0.3) is 5.91 Å². The maximum atomic E-state index is 12.3. The normalized spacial score (nSPS) is 13.7. The number of imide groups is 1. The minimum atomic E-state index is -0.742. The second kappa shape index (κ2) is 6.53. The van der Waals surface area contributed by atoms with Gasteiger partial charge in [0.05, 0.1) is 6.54 Å². The fraction of sp³-hybridized carbons (Fsp3) is 0.250. The van der Waals surface area contributed by atoms with E-state index in [0.717, 1.165) is 4.90 Å². The topological polar surface area (TPSA) is 98.9 Å². The van der Waals surface area contributed by atoms with E-state index < -0.39 is 24.6 Å². The number of ether oxygens (including phenoxy) is 2. The van der Waals surface area contributed by atoms with Crippen LogP contribution in [0.5, 0.6) is 0 Å². The van der Waals surface area contributed by atoms with E-state index in [2.05, 4.69) is 9.89 Å². The number of carbonyl (C=O) groups excluding carboxylic acids is 3. The van der Waals surface area contributed by atoms with Crippen LogP contribution in [-0.4, -0.2) is 47.8 Å². The molecule has 8 heteroatoms. The standard InChI is InChI=1S/C16H14N2O6/c1-10-13(14(17-24-10)11-5-3-2-4-6-11)15(20)23-9-12(19)18-7-8-22-16(18)21/h2-6H,7-9H2,1H3. The predicted molar refractivity (Wildman–Crippen MR) is 80.0 cm³/mol. The van der Waals surface area contributed by atoms with Gasteiger partial charge >= 0.3 is 12.1 Å². The molecule has 0 spiro atoms. The molecule has 2 heterocycles. The van der Waals surface area contributed by atoms with Gasteiger partial charge in [0.2, 0.25) is 0 Å². The number of aromatic nitrogens is 1. The SMILES string of the molecule is Cc1onc(-c2ccccc2)c1C(=O)OCC(=O)N1CCOC1=O. The first kappa shape index (κ1) is 15.7. The fourth-order valence-corrected chi connectivity index (χ4v) is 2.30. The van der Waals surface area contributed by atoms with Gasteiger partial charge in [-0.2, -0.15) is 0 Å². The molecule has 1 aromatic carbocycles. The van der Waals surface area contributed by atoms with Gasteiger partial charge in [0, 0.05) is 5.56 Å². The van der Waals surface area contributed by atoms with Gasteiger partial charge in [-0.15, -0.1) is 0 Å². The fourth-order valence-electron chi connectivity index (χ4n) is 2.30. The number of hydrogen-bond acceptors (Lipinski definition) is 7. The van der Waals surface area contributed by atoms with Crippen molar-refractivity contribution in [1.29, 1.82) is 0 Å². The Kier molecular flexibility index (Phi) is 4.28. The molecule has 1 fully saturated rings. The largest absolute Gasteiger partial charge is 0.452 e. The van der Waals surface area contributed by atoms with Crippen LogP contribution < -0.4 is 0 Å². The Morgan fingerprint density at radius 2 is 2.04 bits per heavy atom. The number of carbonyl (C=O) groups is 3. The van der Waals surface area contributed by atoms with Crippen LogP contribution in [-0.2, 0) is 14.3 Å². The van der Waals surface area contributed by atoms with Crippen molar-refractivity contribution in [2.75, 3.05) is 19.8 Å². The molecular formula is C16H14N2O6. The molecule has 3 rings (SSSR count). The van der Waals surface area contributed by atoms with Crippen molar-refractivity contribution >= 4 is 18.0 Å². The van der Waals surface area contributed by atoms with Gasteiger partial charge in [-0.05, 0) is 6.92 Å². The Morgan fingerprint density at radius 3 is 2.71 bits per heavy atom. The average Bonchev–Trinajstić information content (AvgIpc) is 3.19. The van der Waals surface area contributed by atoms with Crippen LogP contribution in [0, 0.1) is 6.92 Å². The van der Waals surface area contributed by atoms with Crippen LogP contribution in [0.15, 0.2) is 34.9 Å². The summed E-state index contributed by atoms with van der Waals surface area (Å²) in [5, 5.41) is 3.88. The van der Waals surface area contributed by atoms with E-state index in [0.29, 0.717) is 11.3 Å². The molecule has 1 aromatic heterocycles. The highest BCUT2D eigenvalue weighted by molar-refractivity contribution is 5.99. The molecule has 0 N–H and O–H groups in total. The van der Waals surface area contributed by atoms with Crippen LogP contribution in [0.25, 0.3) is 11.3 Å². The first-order valence-electron chi connectivity index (χ1n) is 7.24. The van der Waals surface area contributed by atoms with Crippen molar-refractivity contribution in [1.82, 2.24) is 10.1 Å². The predicted octanol–water partition coefficient (Wildman–Crippen LogP) is 1.79. The zero-order chi connectivity index (χ0) is 17.1. The molecule has 124 valence electrons. The summed E-state index contributed by atoms with van der Waals surface area (Å²) in [5.74, 6) is -1.10. The monoisotopic (exact) mass is 330 g/mol. The Balaban J connectivity index is 1.73. The first-order chi connectivity index (χ1) is 11.6. The molecule has 0 aliphatic carbocycles. The molecule has 2 amide bonds. The third-order valence-corrected chi connectivity index (χ3v) is 3.50. The van der Waals surface area contributed by atoms with E-state index in [-0.39, 0.29) is 24.5 Å². The van der Waals surface area contributed by atoms with Gasteiger partial charge in [-0.3, -0.25) is 4.79 Å². The summed E-state index contributed by atoms with van der Waals surface area (Å²) in [5.41, 5.74) is 1.18. The summed E-state index contributed by atoms with van der Waals surface area (Å²) >= 11 is 0. The molecular weight excluding hydrogens is 316 g/mol. The van der Waals surface area contributed by atoms with E-state index >= 15 is 0 Å². The third kappa shape index (κ3) is 2.98. The summed E-state index contributed by atoms with van der Waals surface area (Å²) < 4.78 is 14.8. The van der Waals surface area contributed by atoms with Crippen LogP contribution >= 0.6 is 0 Å². The number of aryl methyl sites for hydroxylation is 1. The summed E-state index contributed by atoms with van der Waals surface area (Å²) in [7, 11) is 0. The number of cyclic esters (lactones) is 1. The molecule has 8 nitrogen and oxygen atoms in total. The lowest BCUT2D eigenvalue weighted by Gasteiger charge is -2.10. The lowest BCUT2D eigenvalue weighted by molar-refractivity contribution is -0.131. The van der Waals surface area contributed by atoms with E-state index in [1.807, 2.05) is 6.07 Å². The quantitative estimate of drug-likeness (QED) is 0.788. The Morgan fingerprint density at radius 1 is 1.29 bits per heavy atom. The van der Waals surface area contributed by atoms with E-state index in [1.54, 1.807) is 31.2 Å². The molecule has 0 unspecified atom stereocenters. The molecule has 24 heavy (non-hydrogen) atoms. The highest BCUT2D eigenvalue weighted by Gasteiger charge is 2.30. The first-order valence-corrected chi connectivity index (χ1v) is 7.24. The second-order valence-corrected chi connectivity index (χ2v) is 5.06. The number of hydrogen-bond donors (Lipinski definition) is 0. The third-order valence-electron chi connectivity index (χ3n) is 3.50. The maximum Gasteiger partial charge on any atom is 0.416 e. The van der Waals surface area contributed by atoms with E-state index in [9.17, 15) is 14.4 Å². The summed E-state index contributed by atoms with van der Waals surface area (Å²) in [4.78, 5) is 36.4. The summed E-state index contributed by atoms with van der Waals surface area (Å²) in [6.45, 7) is 1.31. The lowest BCUT2D eigenvalue weighted by atomic mass is 10.1.